The first-order valence-electron chi connectivity index (χ1n) is 11.0. The van der Waals surface area contributed by atoms with Gasteiger partial charge in [0, 0.05) is 23.0 Å². The molecular formula is C27H26N2O7. The summed E-state index contributed by atoms with van der Waals surface area (Å²) in [6.07, 6.45) is -1.05. The summed E-state index contributed by atoms with van der Waals surface area (Å²) in [5, 5.41) is 5.34. The van der Waals surface area contributed by atoms with Gasteiger partial charge in [-0.1, -0.05) is 6.07 Å². The molecule has 186 valence electrons. The number of carbonyl (C=O) groups excluding carboxylic acids is 4. The highest BCUT2D eigenvalue weighted by atomic mass is 16.5. The van der Waals surface area contributed by atoms with E-state index in [0.29, 0.717) is 28.4 Å². The van der Waals surface area contributed by atoms with Crippen LogP contribution in [0.2, 0.25) is 0 Å². The third-order valence-corrected chi connectivity index (χ3v) is 5.03. The van der Waals surface area contributed by atoms with E-state index >= 15 is 0 Å². The van der Waals surface area contributed by atoms with Gasteiger partial charge in [0.05, 0.1) is 12.7 Å². The van der Waals surface area contributed by atoms with Crippen molar-refractivity contribution in [2.24, 2.45) is 0 Å². The lowest BCUT2D eigenvalue weighted by Gasteiger charge is -2.14. The SMILES string of the molecule is COc1cccc(NC(=O)COc2ccc(C(=O)OC(C)C(=O)Nc3ccc(C(C)=O)cc3)cc2)c1. The van der Waals surface area contributed by atoms with Crippen LogP contribution in [0.3, 0.4) is 0 Å². The van der Waals surface area contributed by atoms with Gasteiger partial charge in [-0.05, 0) is 74.5 Å². The molecule has 0 aromatic heterocycles. The molecule has 2 N–H and O–H groups in total. The summed E-state index contributed by atoms with van der Waals surface area (Å²) in [5.74, 6) is -0.642. The second kappa shape index (κ2) is 12.2. The number of Topliss-reactive ketones (excluding diaryl/α,β-unsaturated/α-hetero) is 1. The Morgan fingerprint density at radius 2 is 1.47 bits per heavy atom. The Morgan fingerprint density at radius 3 is 2.11 bits per heavy atom. The van der Waals surface area contributed by atoms with Crippen LogP contribution >= 0.6 is 0 Å². The Balaban J connectivity index is 1.47. The number of carbonyl (C=O) groups is 4. The van der Waals surface area contributed by atoms with Crippen molar-refractivity contribution in [1.29, 1.82) is 0 Å². The van der Waals surface area contributed by atoms with Crippen molar-refractivity contribution in [3.63, 3.8) is 0 Å². The number of hydrogen-bond donors (Lipinski definition) is 2. The average molecular weight is 491 g/mol. The van der Waals surface area contributed by atoms with Crippen molar-refractivity contribution in [1.82, 2.24) is 0 Å². The molecule has 3 aromatic rings. The lowest BCUT2D eigenvalue weighted by atomic mass is 10.1. The highest BCUT2D eigenvalue weighted by Gasteiger charge is 2.19. The molecule has 0 radical (unpaired) electrons. The van der Waals surface area contributed by atoms with Crippen LogP contribution in [-0.4, -0.2) is 43.4 Å². The first-order chi connectivity index (χ1) is 17.2. The topological polar surface area (TPSA) is 120 Å². The summed E-state index contributed by atoms with van der Waals surface area (Å²) >= 11 is 0. The number of ketones is 1. The van der Waals surface area contributed by atoms with Crippen LogP contribution in [0, 0.1) is 0 Å². The summed E-state index contributed by atoms with van der Waals surface area (Å²) in [6.45, 7) is 2.68. The molecule has 0 aliphatic rings. The Labute approximate surface area is 208 Å². The fourth-order valence-electron chi connectivity index (χ4n) is 3.05. The molecule has 0 aliphatic carbocycles. The van der Waals surface area contributed by atoms with Gasteiger partial charge >= 0.3 is 5.97 Å². The second-order valence-electron chi connectivity index (χ2n) is 7.76. The van der Waals surface area contributed by atoms with E-state index in [9.17, 15) is 19.2 Å². The van der Waals surface area contributed by atoms with E-state index in [2.05, 4.69) is 10.6 Å². The summed E-state index contributed by atoms with van der Waals surface area (Å²) in [7, 11) is 1.54. The third-order valence-electron chi connectivity index (χ3n) is 5.03. The number of hydrogen-bond acceptors (Lipinski definition) is 7. The minimum absolute atomic E-state index is 0.0805. The van der Waals surface area contributed by atoms with Gasteiger partial charge in [0.1, 0.15) is 11.5 Å². The van der Waals surface area contributed by atoms with Crippen LogP contribution in [-0.2, 0) is 14.3 Å². The van der Waals surface area contributed by atoms with Gasteiger partial charge in [-0.3, -0.25) is 14.4 Å². The first-order valence-corrected chi connectivity index (χ1v) is 11.0. The molecule has 0 heterocycles. The molecule has 9 heteroatoms. The Kier molecular flexibility index (Phi) is 8.77. The highest BCUT2D eigenvalue weighted by Crippen LogP contribution is 2.18. The first kappa shape index (κ1) is 26.0. The van der Waals surface area contributed by atoms with E-state index in [-0.39, 0.29) is 23.9 Å². The molecule has 0 bridgehead atoms. The molecule has 3 rings (SSSR count). The standard InChI is InChI=1S/C27H26N2O7/c1-17(30)19-7-11-21(12-8-19)29-26(32)18(2)36-27(33)20-9-13-23(14-10-20)35-16-25(31)28-22-5-4-6-24(15-22)34-3/h4-15,18H,16H2,1-3H3,(H,28,31)(H,29,32). The van der Waals surface area contributed by atoms with Gasteiger partial charge in [0.25, 0.3) is 11.8 Å². The minimum Gasteiger partial charge on any atom is -0.497 e. The lowest BCUT2D eigenvalue weighted by molar-refractivity contribution is -0.123. The number of benzene rings is 3. The molecule has 9 nitrogen and oxygen atoms in total. The maximum absolute atomic E-state index is 12.4. The molecule has 36 heavy (non-hydrogen) atoms. The number of rotatable bonds is 10. The van der Waals surface area contributed by atoms with Crippen LogP contribution in [0.25, 0.3) is 0 Å². The summed E-state index contributed by atoms with van der Waals surface area (Å²) < 4.78 is 15.8. The molecule has 0 saturated carbocycles. The van der Waals surface area contributed by atoms with Crippen LogP contribution in [0.4, 0.5) is 11.4 Å². The predicted octanol–water partition coefficient (Wildman–Crippen LogP) is 4.10. The van der Waals surface area contributed by atoms with E-state index in [0.717, 1.165) is 0 Å². The van der Waals surface area contributed by atoms with Crippen molar-refractivity contribution in [2.45, 2.75) is 20.0 Å². The monoisotopic (exact) mass is 490 g/mol. The quantitative estimate of drug-likeness (QED) is 0.324. The summed E-state index contributed by atoms with van der Waals surface area (Å²) in [5.41, 5.74) is 1.79. The maximum atomic E-state index is 12.4. The normalized spacial score (nSPS) is 11.1. The number of methoxy groups -OCH3 is 1. The third kappa shape index (κ3) is 7.42. The number of nitrogens with one attached hydrogen (secondary N) is 2. The van der Waals surface area contributed by atoms with Gasteiger partial charge < -0.3 is 24.8 Å². The van der Waals surface area contributed by atoms with E-state index in [4.69, 9.17) is 14.2 Å². The fourth-order valence-corrected chi connectivity index (χ4v) is 3.05. The van der Waals surface area contributed by atoms with E-state index in [1.54, 1.807) is 48.5 Å². The fraction of sp³-hybridized carbons (Fsp3) is 0.185. The van der Waals surface area contributed by atoms with Gasteiger partial charge in [0.2, 0.25) is 0 Å². The predicted molar refractivity (Wildman–Crippen MR) is 134 cm³/mol. The molecule has 3 aromatic carbocycles. The zero-order valence-electron chi connectivity index (χ0n) is 20.1. The highest BCUT2D eigenvalue weighted by molar-refractivity contribution is 5.98. The lowest BCUT2D eigenvalue weighted by Crippen LogP contribution is -2.30. The molecule has 2 amide bonds. The Bertz CT molecular complexity index is 1240. The maximum Gasteiger partial charge on any atom is 0.338 e. The molecular weight excluding hydrogens is 464 g/mol. The molecule has 1 atom stereocenters. The van der Waals surface area contributed by atoms with Crippen molar-refractivity contribution in [2.75, 3.05) is 24.4 Å². The second-order valence-corrected chi connectivity index (χ2v) is 7.76. The smallest absolute Gasteiger partial charge is 0.338 e. The molecule has 0 spiro atoms. The number of amides is 2. The molecule has 1 unspecified atom stereocenters. The Hall–Kier alpha value is -4.66. The van der Waals surface area contributed by atoms with E-state index in [1.165, 1.54) is 45.2 Å². The average Bonchev–Trinajstić information content (AvgIpc) is 2.88. The largest absolute Gasteiger partial charge is 0.497 e. The van der Waals surface area contributed by atoms with Crippen LogP contribution < -0.4 is 20.1 Å². The molecule has 0 fully saturated rings. The molecule has 0 aliphatic heterocycles. The van der Waals surface area contributed by atoms with Crippen molar-refractivity contribution < 1.29 is 33.4 Å². The van der Waals surface area contributed by atoms with E-state index < -0.39 is 18.0 Å². The van der Waals surface area contributed by atoms with Gasteiger partial charge in [-0.2, -0.15) is 0 Å². The minimum atomic E-state index is -1.05. The zero-order chi connectivity index (χ0) is 26.1. The van der Waals surface area contributed by atoms with Crippen molar-refractivity contribution >= 4 is 34.9 Å². The van der Waals surface area contributed by atoms with Gasteiger partial charge in [-0.25, -0.2) is 4.79 Å². The van der Waals surface area contributed by atoms with Gasteiger partial charge in [-0.15, -0.1) is 0 Å². The number of anilines is 2. The van der Waals surface area contributed by atoms with Crippen molar-refractivity contribution in [3.05, 3.63) is 83.9 Å². The van der Waals surface area contributed by atoms with Gasteiger partial charge in [0.15, 0.2) is 18.5 Å². The van der Waals surface area contributed by atoms with Crippen LogP contribution in [0.5, 0.6) is 11.5 Å². The van der Waals surface area contributed by atoms with E-state index in [1.807, 2.05) is 0 Å². The molecule has 0 saturated heterocycles. The Morgan fingerprint density at radius 1 is 0.806 bits per heavy atom. The number of esters is 1. The zero-order valence-corrected chi connectivity index (χ0v) is 20.1. The number of ether oxygens (including phenoxy) is 3. The van der Waals surface area contributed by atoms with Crippen LogP contribution in [0.1, 0.15) is 34.6 Å². The summed E-state index contributed by atoms with van der Waals surface area (Å²) in [6, 6.07) is 19.3. The van der Waals surface area contributed by atoms with Crippen molar-refractivity contribution in [3.8, 4) is 11.5 Å². The summed E-state index contributed by atoms with van der Waals surface area (Å²) in [4.78, 5) is 48.2. The van der Waals surface area contributed by atoms with Crippen LogP contribution in [0.15, 0.2) is 72.8 Å².